The number of aryl methyl sites for hydroxylation is 1. The van der Waals surface area contributed by atoms with Gasteiger partial charge in [-0.3, -0.25) is 9.80 Å². The van der Waals surface area contributed by atoms with Crippen LogP contribution in [0.5, 0.6) is 0 Å². The molecule has 1 amide bonds. The first-order valence-electron chi connectivity index (χ1n) is 8.92. The van der Waals surface area contributed by atoms with Crippen molar-refractivity contribution in [2.24, 2.45) is 5.73 Å². The second-order valence-corrected chi connectivity index (χ2v) is 7.95. The Kier molecular flexibility index (Phi) is 6.15. The van der Waals surface area contributed by atoms with Gasteiger partial charge in [0.25, 0.3) is 5.91 Å². The van der Waals surface area contributed by atoms with Crippen LogP contribution in [-0.2, 0) is 12.6 Å². The number of nitrogens with one attached hydrogen (secondary N) is 3. The molecule has 1 atom stereocenters. The maximum Gasteiger partial charge on any atom is 0.416 e. The zero-order valence-electron chi connectivity index (χ0n) is 15.9. The van der Waals surface area contributed by atoms with Gasteiger partial charge in [-0.25, -0.2) is 0 Å². The Morgan fingerprint density at radius 2 is 2.07 bits per heavy atom. The first-order valence-corrected chi connectivity index (χ1v) is 9.74. The molecule has 0 saturated heterocycles. The van der Waals surface area contributed by atoms with Gasteiger partial charge < -0.3 is 16.5 Å². The first kappa shape index (κ1) is 21.2. The number of hydrazine groups is 2. The van der Waals surface area contributed by atoms with E-state index in [1.54, 1.807) is 23.3 Å². The van der Waals surface area contributed by atoms with E-state index in [0.29, 0.717) is 4.88 Å². The maximum atomic E-state index is 13.2. The van der Waals surface area contributed by atoms with E-state index < -0.39 is 17.8 Å². The van der Waals surface area contributed by atoms with E-state index in [1.165, 1.54) is 23.5 Å². The molecule has 29 heavy (non-hydrogen) atoms. The SMILES string of the molecule is Cc1sc(C(=O)N[C@H](CN)Cc2ccccc2C(F)(F)F)cc1C1=CNNN1C. The lowest BCUT2D eigenvalue weighted by Crippen LogP contribution is -2.41. The van der Waals surface area contributed by atoms with E-state index in [4.69, 9.17) is 5.73 Å². The largest absolute Gasteiger partial charge is 0.416 e. The Morgan fingerprint density at radius 3 is 2.69 bits per heavy atom. The maximum absolute atomic E-state index is 13.2. The van der Waals surface area contributed by atoms with E-state index in [9.17, 15) is 18.0 Å². The molecular weight excluding hydrogens is 403 g/mol. The highest BCUT2D eigenvalue weighted by Crippen LogP contribution is 2.32. The van der Waals surface area contributed by atoms with Gasteiger partial charge in [-0.05, 0) is 31.0 Å². The fraction of sp³-hybridized carbons (Fsp3) is 0.316. The van der Waals surface area contributed by atoms with Crippen molar-refractivity contribution in [3.05, 3.63) is 63.0 Å². The molecule has 6 nitrogen and oxygen atoms in total. The summed E-state index contributed by atoms with van der Waals surface area (Å²) in [7, 11) is 1.84. The Labute approximate surface area is 170 Å². The molecule has 10 heteroatoms. The van der Waals surface area contributed by atoms with Gasteiger partial charge >= 0.3 is 6.18 Å². The van der Waals surface area contributed by atoms with Crippen LogP contribution >= 0.6 is 11.3 Å². The number of benzene rings is 1. The third kappa shape index (κ3) is 4.72. The number of rotatable bonds is 6. The van der Waals surface area contributed by atoms with Crippen LogP contribution in [0.4, 0.5) is 13.2 Å². The molecule has 1 aliphatic rings. The van der Waals surface area contributed by atoms with Crippen molar-refractivity contribution in [2.75, 3.05) is 13.6 Å². The van der Waals surface area contributed by atoms with Gasteiger partial charge in [0.15, 0.2) is 0 Å². The summed E-state index contributed by atoms with van der Waals surface area (Å²) in [6.07, 6.45) is -2.67. The monoisotopic (exact) mass is 425 g/mol. The normalized spacial score (nSPS) is 15.1. The molecule has 0 saturated carbocycles. The van der Waals surface area contributed by atoms with Gasteiger partial charge in [-0.2, -0.15) is 13.2 Å². The highest BCUT2D eigenvalue weighted by Gasteiger charge is 2.33. The lowest BCUT2D eigenvalue weighted by atomic mass is 9.99. The van der Waals surface area contributed by atoms with Gasteiger partial charge in [-0.1, -0.05) is 18.2 Å². The molecule has 0 unspecified atom stereocenters. The molecule has 0 radical (unpaired) electrons. The quantitative estimate of drug-likeness (QED) is 0.572. The van der Waals surface area contributed by atoms with Gasteiger partial charge in [0.2, 0.25) is 0 Å². The van der Waals surface area contributed by atoms with Crippen molar-refractivity contribution in [3.63, 3.8) is 0 Å². The summed E-state index contributed by atoms with van der Waals surface area (Å²) in [4.78, 5) is 14.1. The van der Waals surface area contributed by atoms with E-state index in [0.717, 1.165) is 22.2 Å². The van der Waals surface area contributed by atoms with Crippen LogP contribution in [0, 0.1) is 6.92 Å². The van der Waals surface area contributed by atoms with Gasteiger partial charge in [-0.15, -0.1) is 16.9 Å². The topological polar surface area (TPSA) is 82.4 Å². The summed E-state index contributed by atoms with van der Waals surface area (Å²) in [6.45, 7) is 1.93. The summed E-state index contributed by atoms with van der Waals surface area (Å²) in [5.74, 6) is -0.355. The zero-order chi connectivity index (χ0) is 21.2. The molecule has 0 spiro atoms. The van der Waals surface area contributed by atoms with Gasteiger partial charge in [0, 0.05) is 36.3 Å². The Balaban J connectivity index is 1.75. The van der Waals surface area contributed by atoms with Crippen LogP contribution in [0.15, 0.2) is 36.5 Å². The van der Waals surface area contributed by atoms with E-state index >= 15 is 0 Å². The molecular formula is C19H22F3N5OS. The molecule has 2 heterocycles. The minimum absolute atomic E-state index is 0.00311. The fourth-order valence-corrected chi connectivity index (χ4v) is 4.08. The van der Waals surface area contributed by atoms with Crippen LogP contribution in [-0.4, -0.2) is 30.6 Å². The van der Waals surface area contributed by atoms with Crippen molar-refractivity contribution in [1.82, 2.24) is 21.3 Å². The Morgan fingerprint density at radius 1 is 1.34 bits per heavy atom. The smallest absolute Gasteiger partial charge is 0.347 e. The summed E-state index contributed by atoms with van der Waals surface area (Å²) >= 11 is 1.32. The van der Waals surface area contributed by atoms with Crippen LogP contribution in [0.25, 0.3) is 5.70 Å². The van der Waals surface area contributed by atoms with Crippen molar-refractivity contribution >= 4 is 22.9 Å². The first-order chi connectivity index (χ1) is 13.7. The summed E-state index contributed by atoms with van der Waals surface area (Å²) in [5, 5.41) is 4.55. The number of hydrogen-bond acceptors (Lipinski definition) is 6. The van der Waals surface area contributed by atoms with Gasteiger partial charge in [0.1, 0.15) is 0 Å². The predicted molar refractivity (Wildman–Crippen MR) is 107 cm³/mol. The summed E-state index contributed by atoms with van der Waals surface area (Å²) in [5.41, 5.74) is 12.7. The summed E-state index contributed by atoms with van der Waals surface area (Å²) in [6, 6.07) is 6.48. The highest BCUT2D eigenvalue weighted by molar-refractivity contribution is 7.14. The number of amides is 1. The van der Waals surface area contributed by atoms with Crippen molar-refractivity contribution < 1.29 is 18.0 Å². The molecule has 156 valence electrons. The molecule has 0 fully saturated rings. The molecule has 0 aliphatic carbocycles. The molecule has 3 rings (SSSR count). The number of carbonyl (C=O) groups is 1. The van der Waals surface area contributed by atoms with Crippen LogP contribution in [0.2, 0.25) is 0 Å². The van der Waals surface area contributed by atoms with E-state index in [1.807, 2.05) is 14.0 Å². The molecule has 1 aliphatic heterocycles. The minimum Gasteiger partial charge on any atom is -0.347 e. The molecule has 2 aromatic rings. The predicted octanol–water partition coefficient (Wildman–Crippen LogP) is 2.63. The number of alkyl halides is 3. The van der Waals surface area contributed by atoms with Crippen LogP contribution < -0.4 is 22.0 Å². The van der Waals surface area contributed by atoms with Crippen molar-refractivity contribution in [1.29, 1.82) is 0 Å². The third-order valence-electron chi connectivity index (χ3n) is 4.63. The van der Waals surface area contributed by atoms with Crippen molar-refractivity contribution in [3.8, 4) is 0 Å². The number of nitrogens with two attached hydrogens (primary N) is 1. The number of carbonyl (C=O) groups excluding carboxylic acids is 1. The number of halogens is 3. The standard InChI is InChI=1S/C19H22F3N5OS/c1-11-14(16-10-24-26-27(16)2)8-17(29-11)18(28)25-13(9-23)7-12-5-3-4-6-15(12)19(20,21)22/h3-6,8,10,13,24,26H,7,9,23H2,1-2H3,(H,25,28)/t13-/m0/s1. The highest BCUT2D eigenvalue weighted by atomic mass is 32.1. The minimum atomic E-state index is -4.46. The second kappa shape index (κ2) is 8.44. The van der Waals surface area contributed by atoms with E-state index in [2.05, 4.69) is 16.3 Å². The van der Waals surface area contributed by atoms with Gasteiger partial charge in [0.05, 0.1) is 16.1 Å². The Bertz CT molecular complexity index is 925. The number of thiophene rings is 1. The lowest BCUT2D eigenvalue weighted by Gasteiger charge is -2.19. The number of nitrogens with zero attached hydrogens (tertiary/aromatic N) is 1. The number of hydrogen-bond donors (Lipinski definition) is 4. The summed E-state index contributed by atoms with van der Waals surface area (Å²) < 4.78 is 39.7. The Hall–Kier alpha value is -2.56. The molecule has 5 N–H and O–H groups in total. The lowest BCUT2D eigenvalue weighted by molar-refractivity contribution is -0.138. The molecule has 0 bridgehead atoms. The van der Waals surface area contributed by atoms with E-state index in [-0.39, 0.29) is 24.4 Å². The van der Waals surface area contributed by atoms with Crippen LogP contribution in [0.1, 0.15) is 31.2 Å². The molecule has 1 aromatic carbocycles. The zero-order valence-corrected chi connectivity index (χ0v) is 16.7. The average Bonchev–Trinajstić information content (AvgIpc) is 3.25. The second-order valence-electron chi connectivity index (χ2n) is 6.69. The third-order valence-corrected chi connectivity index (χ3v) is 5.68. The average molecular weight is 425 g/mol. The molecule has 1 aromatic heterocycles. The van der Waals surface area contributed by atoms with Crippen molar-refractivity contribution in [2.45, 2.75) is 25.6 Å². The van der Waals surface area contributed by atoms with Crippen LogP contribution in [0.3, 0.4) is 0 Å². The fourth-order valence-electron chi connectivity index (χ4n) is 3.15.